The van der Waals surface area contributed by atoms with Crippen molar-refractivity contribution >= 4 is 23.2 Å². The Morgan fingerprint density at radius 2 is 2.11 bits per heavy atom. The van der Waals surface area contributed by atoms with Crippen LogP contribution < -0.4 is 22.1 Å². The number of anilines is 3. The van der Waals surface area contributed by atoms with E-state index >= 15 is 0 Å². The summed E-state index contributed by atoms with van der Waals surface area (Å²) in [6, 6.07) is 0.274. The predicted molar refractivity (Wildman–Crippen MR) is 74.9 cm³/mol. The maximum absolute atomic E-state index is 11.2. The number of primary amides is 1. The van der Waals surface area contributed by atoms with Crippen molar-refractivity contribution in [2.75, 3.05) is 23.4 Å². The Balaban J connectivity index is 2.27. The van der Waals surface area contributed by atoms with Crippen LogP contribution in [0.1, 0.15) is 36.8 Å². The number of nitrogens with two attached hydrogens (primary N) is 2. The Kier molecular flexibility index (Phi) is 3.73. The Morgan fingerprint density at radius 3 is 2.58 bits per heavy atom. The van der Waals surface area contributed by atoms with Gasteiger partial charge >= 0.3 is 0 Å². The van der Waals surface area contributed by atoms with E-state index in [1.807, 2.05) is 0 Å². The molecule has 7 heteroatoms. The highest BCUT2D eigenvalue weighted by Crippen LogP contribution is 2.33. The van der Waals surface area contributed by atoms with E-state index in [1.165, 1.54) is 19.3 Å². The maximum Gasteiger partial charge on any atom is 0.286 e. The molecule has 1 aromatic rings. The van der Waals surface area contributed by atoms with Crippen LogP contribution in [-0.4, -0.2) is 29.0 Å². The Hall–Kier alpha value is -2.05. The largest absolute Gasteiger partial charge is 0.382 e. The quantitative estimate of drug-likeness (QED) is 0.624. The van der Waals surface area contributed by atoms with Gasteiger partial charge in [0.05, 0.1) is 0 Å². The lowest BCUT2D eigenvalue weighted by molar-refractivity contribution is 0.0990. The molecule has 104 valence electrons. The molecule has 1 fully saturated rings. The number of rotatable bonds is 5. The van der Waals surface area contributed by atoms with Crippen LogP contribution >= 0.6 is 0 Å². The van der Waals surface area contributed by atoms with Gasteiger partial charge in [-0.3, -0.25) is 4.79 Å². The molecule has 0 aliphatic heterocycles. The van der Waals surface area contributed by atoms with E-state index in [4.69, 9.17) is 11.5 Å². The first kappa shape index (κ1) is 13.4. The van der Waals surface area contributed by atoms with E-state index in [0.717, 1.165) is 0 Å². The molecular weight excluding hydrogens is 244 g/mol. The van der Waals surface area contributed by atoms with E-state index in [0.29, 0.717) is 17.4 Å². The summed E-state index contributed by atoms with van der Waals surface area (Å²) in [5, 5.41) is 6.24. The zero-order valence-electron chi connectivity index (χ0n) is 11.2. The SMILES string of the molecule is CNc1c(N)nc(C(N)=O)nc1N[C@H](C)C1CCC1. The van der Waals surface area contributed by atoms with Crippen molar-refractivity contribution in [3.05, 3.63) is 5.82 Å². The van der Waals surface area contributed by atoms with Crippen LogP contribution in [-0.2, 0) is 0 Å². The molecule has 2 rings (SSSR count). The molecule has 0 radical (unpaired) electrons. The topological polar surface area (TPSA) is 119 Å². The first-order valence-corrected chi connectivity index (χ1v) is 6.44. The summed E-state index contributed by atoms with van der Waals surface area (Å²) in [6.07, 6.45) is 3.70. The molecule has 19 heavy (non-hydrogen) atoms. The van der Waals surface area contributed by atoms with Gasteiger partial charge < -0.3 is 22.1 Å². The highest BCUT2D eigenvalue weighted by Gasteiger charge is 2.25. The Bertz CT molecular complexity index is 485. The van der Waals surface area contributed by atoms with Crippen molar-refractivity contribution in [3.63, 3.8) is 0 Å². The number of nitrogens with one attached hydrogen (secondary N) is 2. The molecule has 0 unspecified atom stereocenters. The highest BCUT2D eigenvalue weighted by molar-refractivity contribution is 5.91. The van der Waals surface area contributed by atoms with Crippen molar-refractivity contribution in [2.24, 2.45) is 11.7 Å². The van der Waals surface area contributed by atoms with Crippen LogP contribution in [0, 0.1) is 5.92 Å². The molecular formula is C12H20N6O. The summed E-state index contributed by atoms with van der Waals surface area (Å²) < 4.78 is 0. The number of nitrogen functional groups attached to an aromatic ring is 1. The summed E-state index contributed by atoms with van der Waals surface area (Å²) in [6.45, 7) is 2.10. The van der Waals surface area contributed by atoms with Gasteiger partial charge in [0.25, 0.3) is 5.91 Å². The van der Waals surface area contributed by atoms with Crippen molar-refractivity contribution in [2.45, 2.75) is 32.2 Å². The molecule has 0 spiro atoms. The molecule has 1 aliphatic rings. The minimum Gasteiger partial charge on any atom is -0.382 e. The summed E-state index contributed by atoms with van der Waals surface area (Å²) in [5.74, 6) is 0.629. The van der Waals surface area contributed by atoms with Crippen LogP contribution in [0.3, 0.4) is 0 Å². The average Bonchev–Trinajstić information content (AvgIpc) is 2.25. The second-order valence-electron chi connectivity index (χ2n) is 4.89. The van der Waals surface area contributed by atoms with Crippen molar-refractivity contribution in [3.8, 4) is 0 Å². The van der Waals surface area contributed by atoms with E-state index in [1.54, 1.807) is 7.05 Å². The second kappa shape index (κ2) is 5.29. The van der Waals surface area contributed by atoms with Gasteiger partial charge in [-0.1, -0.05) is 6.42 Å². The third-order valence-electron chi connectivity index (χ3n) is 3.63. The van der Waals surface area contributed by atoms with Gasteiger partial charge in [-0.15, -0.1) is 0 Å². The molecule has 1 amide bonds. The fraction of sp³-hybridized carbons (Fsp3) is 0.583. The fourth-order valence-electron chi connectivity index (χ4n) is 2.21. The second-order valence-corrected chi connectivity index (χ2v) is 4.89. The molecule has 6 N–H and O–H groups in total. The standard InChI is InChI=1S/C12H20N6O/c1-6(7-4-3-5-7)16-11-8(15-2)9(13)17-12(18-11)10(14)19/h6-7,15H,3-5H2,1-2H3,(H2,14,19)(H3,13,16,17,18)/t6-/m1/s1. The molecule has 7 nitrogen and oxygen atoms in total. The third-order valence-corrected chi connectivity index (χ3v) is 3.63. The van der Waals surface area contributed by atoms with Gasteiger partial charge in [-0.05, 0) is 25.7 Å². The molecule has 0 aromatic carbocycles. The minimum atomic E-state index is -0.686. The van der Waals surface area contributed by atoms with E-state index < -0.39 is 5.91 Å². The zero-order chi connectivity index (χ0) is 14.0. The van der Waals surface area contributed by atoms with Crippen molar-refractivity contribution in [1.82, 2.24) is 9.97 Å². The molecule has 1 aromatic heterocycles. The van der Waals surface area contributed by atoms with E-state index in [-0.39, 0.29) is 17.7 Å². The lowest BCUT2D eigenvalue weighted by Crippen LogP contribution is -2.32. The summed E-state index contributed by atoms with van der Waals surface area (Å²) in [4.78, 5) is 19.2. The number of carbonyl (C=O) groups excluding carboxylic acids is 1. The van der Waals surface area contributed by atoms with E-state index in [9.17, 15) is 4.79 Å². The Labute approximate surface area is 112 Å². The van der Waals surface area contributed by atoms with Crippen molar-refractivity contribution < 1.29 is 4.79 Å². The van der Waals surface area contributed by atoms with Crippen LogP contribution in [0.15, 0.2) is 0 Å². The molecule has 1 atom stereocenters. The van der Waals surface area contributed by atoms with Crippen LogP contribution in [0.2, 0.25) is 0 Å². The third kappa shape index (κ3) is 2.69. The number of hydrogen-bond donors (Lipinski definition) is 4. The monoisotopic (exact) mass is 264 g/mol. The van der Waals surface area contributed by atoms with Crippen LogP contribution in [0.5, 0.6) is 0 Å². The first-order valence-electron chi connectivity index (χ1n) is 6.44. The molecule has 1 heterocycles. The summed E-state index contributed by atoms with van der Waals surface area (Å²) in [5.41, 5.74) is 11.6. The molecule has 0 saturated heterocycles. The number of nitrogens with zero attached hydrogens (tertiary/aromatic N) is 2. The first-order chi connectivity index (χ1) is 9.02. The van der Waals surface area contributed by atoms with Crippen LogP contribution in [0.25, 0.3) is 0 Å². The number of hydrogen-bond acceptors (Lipinski definition) is 6. The van der Waals surface area contributed by atoms with Gasteiger partial charge in [0.2, 0.25) is 5.82 Å². The normalized spacial score (nSPS) is 16.5. The number of amides is 1. The molecule has 1 aliphatic carbocycles. The van der Waals surface area contributed by atoms with Gasteiger partial charge in [0.15, 0.2) is 11.6 Å². The van der Waals surface area contributed by atoms with E-state index in [2.05, 4.69) is 27.5 Å². The minimum absolute atomic E-state index is 0.0696. The van der Waals surface area contributed by atoms with Gasteiger partial charge in [-0.2, -0.15) is 0 Å². The lowest BCUT2D eigenvalue weighted by atomic mass is 9.80. The number of carbonyl (C=O) groups is 1. The average molecular weight is 264 g/mol. The van der Waals surface area contributed by atoms with Crippen LogP contribution in [0.4, 0.5) is 17.3 Å². The van der Waals surface area contributed by atoms with Gasteiger partial charge in [0, 0.05) is 13.1 Å². The number of aromatic nitrogens is 2. The fourth-order valence-corrected chi connectivity index (χ4v) is 2.21. The highest BCUT2D eigenvalue weighted by atomic mass is 16.1. The molecule has 1 saturated carbocycles. The Morgan fingerprint density at radius 1 is 1.42 bits per heavy atom. The molecule has 0 bridgehead atoms. The summed E-state index contributed by atoms with van der Waals surface area (Å²) in [7, 11) is 1.73. The lowest BCUT2D eigenvalue weighted by Gasteiger charge is -2.32. The zero-order valence-corrected chi connectivity index (χ0v) is 11.2. The van der Waals surface area contributed by atoms with Crippen molar-refractivity contribution in [1.29, 1.82) is 0 Å². The predicted octanol–water partition coefficient (Wildman–Crippen LogP) is 0.800. The van der Waals surface area contributed by atoms with Gasteiger partial charge in [0.1, 0.15) is 5.69 Å². The maximum atomic E-state index is 11.2. The smallest absolute Gasteiger partial charge is 0.286 e. The van der Waals surface area contributed by atoms with Gasteiger partial charge in [-0.25, -0.2) is 9.97 Å². The summed E-state index contributed by atoms with van der Waals surface area (Å²) >= 11 is 0.